The number of hydrogen-bond donors (Lipinski definition) is 1. The van der Waals surface area contributed by atoms with Crippen LogP contribution in [-0.4, -0.2) is 123 Å². The fraction of sp³-hybridized carbons (Fsp3) is 0.588. The lowest BCUT2D eigenvalue weighted by molar-refractivity contribution is -0.127. The van der Waals surface area contributed by atoms with Crippen LogP contribution in [0.25, 0.3) is 22.0 Å². The number of rotatable bonds is 6. The predicted octanol–water partition coefficient (Wildman–Crippen LogP) is 5.44. The molecule has 3 aromatic rings. The van der Waals surface area contributed by atoms with Gasteiger partial charge in [0, 0.05) is 87.7 Å². The first-order valence-corrected chi connectivity index (χ1v) is 17.4. The average molecular weight is 683 g/mol. The molecule has 1 atom stereocenters. The third kappa shape index (κ3) is 5.29. The van der Waals surface area contributed by atoms with Gasteiger partial charge in [-0.15, -0.1) is 0 Å². The quantitative estimate of drug-likeness (QED) is 0.348. The molecule has 4 fully saturated rings. The number of anilines is 1. The first-order valence-electron chi connectivity index (χ1n) is 16.6. The van der Waals surface area contributed by atoms with Crippen molar-refractivity contribution >= 4 is 51.9 Å². The summed E-state index contributed by atoms with van der Waals surface area (Å²) in [5.41, 5.74) is 3.48. The number of carbonyl (C=O) groups is 2. The summed E-state index contributed by atoms with van der Waals surface area (Å²) in [5, 5.41) is 14.7. The SMILES string of the molecule is C=CC(=O)N1CCC(n2nc(N3CC[C@@H](CN4CC5(C4)CN(C)C(=O)N5C)CC3(C)C)c(-c3c(Cl)c(Cl)cc4[nH]ncc34)c2C)CC1. The molecule has 2 aromatic heterocycles. The van der Waals surface area contributed by atoms with Gasteiger partial charge in [-0.05, 0) is 64.5 Å². The molecule has 3 amide bonds. The first kappa shape index (κ1) is 32.3. The molecule has 11 nitrogen and oxygen atoms in total. The van der Waals surface area contributed by atoms with E-state index in [9.17, 15) is 9.59 Å². The summed E-state index contributed by atoms with van der Waals surface area (Å²) < 4.78 is 2.17. The van der Waals surface area contributed by atoms with Gasteiger partial charge in [0.15, 0.2) is 5.82 Å². The highest BCUT2D eigenvalue weighted by Gasteiger charge is 2.54. The maximum Gasteiger partial charge on any atom is 0.320 e. The molecule has 47 heavy (non-hydrogen) atoms. The molecule has 0 unspecified atom stereocenters. The van der Waals surface area contributed by atoms with Crippen molar-refractivity contribution in [1.82, 2.24) is 39.6 Å². The van der Waals surface area contributed by atoms with Gasteiger partial charge in [-0.2, -0.15) is 10.2 Å². The van der Waals surface area contributed by atoms with E-state index in [1.54, 1.807) is 0 Å². The topological polar surface area (TPSA) is 96.8 Å². The van der Waals surface area contributed by atoms with Crippen molar-refractivity contribution in [2.45, 2.75) is 63.6 Å². The number of benzene rings is 1. The summed E-state index contributed by atoms with van der Waals surface area (Å²) in [4.78, 5) is 35.4. The van der Waals surface area contributed by atoms with Crippen LogP contribution in [0.15, 0.2) is 24.9 Å². The highest BCUT2D eigenvalue weighted by Crippen LogP contribution is 2.48. The zero-order valence-electron chi connectivity index (χ0n) is 28.0. The summed E-state index contributed by atoms with van der Waals surface area (Å²) in [6.45, 7) is 16.3. The van der Waals surface area contributed by atoms with Gasteiger partial charge in [0.2, 0.25) is 5.91 Å². The summed E-state index contributed by atoms with van der Waals surface area (Å²) in [7, 11) is 3.84. The second-order valence-electron chi connectivity index (χ2n) is 14.8. The first-order chi connectivity index (χ1) is 22.3. The van der Waals surface area contributed by atoms with Crippen LogP contribution in [0.3, 0.4) is 0 Å². The van der Waals surface area contributed by atoms with E-state index in [0.717, 1.165) is 91.9 Å². The minimum atomic E-state index is -0.174. The summed E-state index contributed by atoms with van der Waals surface area (Å²) in [5.74, 6) is 1.43. The Morgan fingerprint density at radius 1 is 1.11 bits per heavy atom. The number of likely N-dealkylation sites (tertiary alicyclic amines) is 2. The molecule has 0 aliphatic carbocycles. The van der Waals surface area contributed by atoms with Crippen molar-refractivity contribution in [3.63, 3.8) is 0 Å². The molecular formula is C34H45Cl2N9O2. The smallest absolute Gasteiger partial charge is 0.320 e. The third-order valence-electron chi connectivity index (χ3n) is 11.3. The minimum Gasteiger partial charge on any atom is -0.349 e. The molecule has 7 rings (SSSR count). The number of hydrogen-bond acceptors (Lipinski definition) is 6. The molecule has 1 aromatic carbocycles. The Hall–Kier alpha value is -3.28. The number of fused-ring (bicyclic) bond motifs is 1. The lowest BCUT2D eigenvalue weighted by atomic mass is 9.80. The lowest BCUT2D eigenvalue weighted by Gasteiger charge is -2.53. The number of urea groups is 1. The number of carbonyl (C=O) groups excluding carboxylic acids is 2. The second kappa shape index (κ2) is 11.7. The lowest BCUT2D eigenvalue weighted by Crippen LogP contribution is -2.69. The number of nitrogens with one attached hydrogen (secondary N) is 1. The Balaban J connectivity index is 1.18. The van der Waals surface area contributed by atoms with Gasteiger partial charge in [-0.3, -0.25) is 19.5 Å². The Labute approximate surface area is 286 Å². The molecule has 13 heteroatoms. The van der Waals surface area contributed by atoms with Gasteiger partial charge >= 0.3 is 6.03 Å². The van der Waals surface area contributed by atoms with E-state index in [1.165, 1.54) is 6.08 Å². The van der Waals surface area contributed by atoms with Crippen molar-refractivity contribution in [2.75, 3.05) is 64.8 Å². The van der Waals surface area contributed by atoms with Crippen LogP contribution < -0.4 is 4.90 Å². The van der Waals surface area contributed by atoms with Crippen molar-refractivity contribution in [2.24, 2.45) is 5.92 Å². The highest BCUT2D eigenvalue weighted by molar-refractivity contribution is 6.45. The third-order valence-corrected chi connectivity index (χ3v) is 12.0. The van der Waals surface area contributed by atoms with Crippen LogP contribution in [0.4, 0.5) is 10.6 Å². The van der Waals surface area contributed by atoms with Gasteiger partial charge in [0.25, 0.3) is 0 Å². The molecule has 1 spiro atoms. The molecular weight excluding hydrogens is 637 g/mol. The van der Waals surface area contributed by atoms with Crippen LogP contribution in [0.5, 0.6) is 0 Å². The van der Waals surface area contributed by atoms with E-state index in [1.807, 2.05) is 41.1 Å². The van der Waals surface area contributed by atoms with Gasteiger partial charge in [-0.25, -0.2) is 4.79 Å². The van der Waals surface area contributed by atoms with Crippen LogP contribution in [0.1, 0.15) is 51.3 Å². The van der Waals surface area contributed by atoms with E-state index >= 15 is 0 Å². The van der Waals surface area contributed by atoms with E-state index in [-0.39, 0.29) is 29.1 Å². The second-order valence-corrected chi connectivity index (χ2v) is 15.6. The molecule has 0 saturated carbocycles. The Kier molecular flexibility index (Phi) is 8.03. The average Bonchev–Trinajstić information content (AvgIpc) is 3.68. The monoisotopic (exact) mass is 681 g/mol. The number of amides is 3. The number of nitrogens with zero attached hydrogens (tertiary/aromatic N) is 8. The van der Waals surface area contributed by atoms with Crippen LogP contribution in [-0.2, 0) is 4.79 Å². The van der Waals surface area contributed by atoms with Crippen LogP contribution in [0.2, 0.25) is 10.0 Å². The number of H-pyrrole nitrogens is 1. The zero-order valence-corrected chi connectivity index (χ0v) is 29.5. The largest absolute Gasteiger partial charge is 0.349 e. The van der Waals surface area contributed by atoms with E-state index in [2.05, 4.69) is 52.0 Å². The standard InChI is InChI=1S/C34H45Cl2N9O2/c1-7-27(46)43-11-9-23(10-12-43)45-21(2)28(29-24-16-37-38-26(24)14-25(35)30(29)36)31(39-45)44-13-8-22(15-33(44,3)4)17-42-19-34(20-42)18-40(5)32(47)41(34)6/h7,14,16,22-23H,1,8-13,15,17-20H2,2-6H3,(H,37,38)/t22-/m1/s1. The maximum absolute atomic E-state index is 12.5. The van der Waals surface area contributed by atoms with Crippen molar-refractivity contribution in [3.8, 4) is 11.1 Å². The van der Waals surface area contributed by atoms with Gasteiger partial charge in [-0.1, -0.05) is 29.8 Å². The number of halogens is 2. The fourth-order valence-electron chi connectivity index (χ4n) is 8.83. The predicted molar refractivity (Wildman–Crippen MR) is 186 cm³/mol. The molecule has 0 bridgehead atoms. The fourth-order valence-corrected chi connectivity index (χ4v) is 9.28. The van der Waals surface area contributed by atoms with E-state index in [4.69, 9.17) is 28.3 Å². The van der Waals surface area contributed by atoms with Crippen molar-refractivity contribution in [1.29, 1.82) is 0 Å². The Morgan fingerprint density at radius 3 is 2.47 bits per heavy atom. The van der Waals surface area contributed by atoms with Gasteiger partial charge in [0.05, 0.1) is 33.3 Å². The Morgan fingerprint density at radius 2 is 1.83 bits per heavy atom. The van der Waals surface area contributed by atoms with E-state index in [0.29, 0.717) is 29.1 Å². The molecule has 1 N–H and O–H groups in total. The van der Waals surface area contributed by atoms with Gasteiger partial charge < -0.3 is 19.6 Å². The van der Waals surface area contributed by atoms with Crippen molar-refractivity contribution < 1.29 is 9.59 Å². The maximum atomic E-state index is 12.5. The van der Waals surface area contributed by atoms with Crippen molar-refractivity contribution in [3.05, 3.63) is 40.7 Å². The number of likely N-dealkylation sites (N-methyl/N-ethyl adjacent to an activating group) is 2. The molecule has 6 heterocycles. The molecule has 252 valence electrons. The van der Waals surface area contributed by atoms with Crippen LogP contribution >= 0.6 is 23.2 Å². The minimum absolute atomic E-state index is 0.0239. The zero-order chi connectivity index (χ0) is 33.4. The number of piperidine rings is 2. The summed E-state index contributed by atoms with van der Waals surface area (Å²) in [6, 6.07) is 2.09. The molecule has 0 radical (unpaired) electrons. The summed E-state index contributed by atoms with van der Waals surface area (Å²) in [6.07, 6.45) is 6.89. The normalized spacial score (nSPS) is 23.3. The van der Waals surface area contributed by atoms with Gasteiger partial charge in [0.1, 0.15) is 0 Å². The number of aromatic amines is 1. The molecule has 4 aliphatic rings. The molecule has 4 aliphatic heterocycles. The Bertz CT molecular complexity index is 1730. The van der Waals surface area contributed by atoms with Crippen LogP contribution in [0, 0.1) is 12.8 Å². The summed E-state index contributed by atoms with van der Waals surface area (Å²) >= 11 is 13.8. The molecule has 4 saturated heterocycles. The highest BCUT2D eigenvalue weighted by atomic mass is 35.5. The van der Waals surface area contributed by atoms with E-state index < -0.39 is 0 Å². The number of aromatic nitrogens is 4.